The Labute approximate surface area is 103 Å². The number of fused-ring (bicyclic) bond motifs is 2. The molecule has 2 nitrogen and oxygen atoms in total. The van der Waals surface area contributed by atoms with E-state index in [1.807, 2.05) is 0 Å². The summed E-state index contributed by atoms with van der Waals surface area (Å²) >= 11 is 0. The van der Waals surface area contributed by atoms with Gasteiger partial charge < -0.3 is 10.5 Å². The highest BCUT2D eigenvalue weighted by atomic mass is 19.4. The number of nitrogens with two attached hydrogens (primary N) is 1. The van der Waals surface area contributed by atoms with Crippen molar-refractivity contribution >= 4 is 0 Å². The van der Waals surface area contributed by atoms with Crippen molar-refractivity contribution in [1.29, 1.82) is 0 Å². The highest BCUT2D eigenvalue weighted by Crippen LogP contribution is 2.44. The molecule has 5 heteroatoms. The van der Waals surface area contributed by atoms with Crippen LogP contribution in [0.1, 0.15) is 29.9 Å². The van der Waals surface area contributed by atoms with Gasteiger partial charge in [-0.05, 0) is 24.5 Å². The van der Waals surface area contributed by atoms with Gasteiger partial charge in [0, 0.05) is 12.0 Å². The minimum absolute atomic E-state index is 0.000972. The molecule has 0 radical (unpaired) electrons. The standard InChI is InChI=1S/C13H14F3NO/c14-13(15,16)8-3-1-2-7(4-8)10-5-9-6-11(17)12(10)18-9/h1-4,9-12H,5-6,17H2. The van der Waals surface area contributed by atoms with E-state index in [0.29, 0.717) is 5.56 Å². The van der Waals surface area contributed by atoms with Gasteiger partial charge in [-0.1, -0.05) is 18.2 Å². The molecule has 0 aromatic heterocycles. The van der Waals surface area contributed by atoms with Crippen LogP contribution in [0.3, 0.4) is 0 Å². The van der Waals surface area contributed by atoms with E-state index in [4.69, 9.17) is 10.5 Å². The van der Waals surface area contributed by atoms with E-state index in [9.17, 15) is 13.2 Å². The molecular formula is C13H14F3NO. The lowest BCUT2D eigenvalue weighted by Crippen LogP contribution is -2.36. The van der Waals surface area contributed by atoms with E-state index >= 15 is 0 Å². The molecule has 1 aromatic rings. The van der Waals surface area contributed by atoms with Crippen LogP contribution in [0.5, 0.6) is 0 Å². The third-order valence-electron chi connectivity index (χ3n) is 3.86. The minimum Gasteiger partial charge on any atom is -0.373 e. The van der Waals surface area contributed by atoms with Gasteiger partial charge >= 0.3 is 6.18 Å². The van der Waals surface area contributed by atoms with Crippen molar-refractivity contribution in [3.05, 3.63) is 35.4 Å². The summed E-state index contributed by atoms with van der Waals surface area (Å²) in [5.41, 5.74) is 6.01. The van der Waals surface area contributed by atoms with Gasteiger partial charge in [-0.25, -0.2) is 0 Å². The van der Waals surface area contributed by atoms with Gasteiger partial charge in [0.15, 0.2) is 0 Å². The lowest BCUT2D eigenvalue weighted by atomic mass is 9.81. The maximum Gasteiger partial charge on any atom is 0.416 e. The van der Waals surface area contributed by atoms with E-state index in [1.165, 1.54) is 12.1 Å². The van der Waals surface area contributed by atoms with Gasteiger partial charge in [-0.15, -0.1) is 0 Å². The number of benzene rings is 1. The topological polar surface area (TPSA) is 35.2 Å². The summed E-state index contributed by atoms with van der Waals surface area (Å²) in [6.45, 7) is 0. The Balaban J connectivity index is 1.89. The number of halogens is 3. The van der Waals surface area contributed by atoms with Crippen LogP contribution < -0.4 is 5.73 Å². The molecule has 18 heavy (non-hydrogen) atoms. The number of hydrogen-bond donors (Lipinski definition) is 1. The molecule has 0 spiro atoms. The zero-order valence-corrected chi connectivity index (χ0v) is 9.65. The molecule has 4 atom stereocenters. The average Bonchev–Trinajstić information content (AvgIpc) is 2.86. The minimum atomic E-state index is -4.30. The second-order valence-electron chi connectivity index (χ2n) is 5.09. The third-order valence-corrected chi connectivity index (χ3v) is 3.86. The predicted octanol–water partition coefficient (Wildman–Crippen LogP) is 2.68. The van der Waals surface area contributed by atoms with Crippen LogP contribution in [-0.4, -0.2) is 18.2 Å². The Morgan fingerprint density at radius 2 is 2.00 bits per heavy atom. The molecule has 4 unspecified atom stereocenters. The van der Waals surface area contributed by atoms with E-state index in [0.717, 1.165) is 18.9 Å². The van der Waals surface area contributed by atoms with Crippen LogP contribution in [0.25, 0.3) is 0 Å². The molecule has 2 saturated heterocycles. The Morgan fingerprint density at radius 3 is 2.61 bits per heavy atom. The quantitative estimate of drug-likeness (QED) is 0.839. The normalized spacial score (nSPS) is 35.1. The highest BCUT2D eigenvalue weighted by Gasteiger charge is 2.46. The molecule has 2 bridgehead atoms. The van der Waals surface area contributed by atoms with Crippen LogP contribution >= 0.6 is 0 Å². The summed E-state index contributed by atoms with van der Waals surface area (Å²) < 4.78 is 43.7. The molecule has 2 N–H and O–H groups in total. The lowest BCUT2D eigenvalue weighted by molar-refractivity contribution is -0.137. The van der Waals surface area contributed by atoms with Crippen LogP contribution in [0.2, 0.25) is 0 Å². The second-order valence-corrected chi connectivity index (χ2v) is 5.09. The van der Waals surface area contributed by atoms with Crippen LogP contribution in [0, 0.1) is 0 Å². The predicted molar refractivity (Wildman–Crippen MR) is 60.1 cm³/mol. The molecular weight excluding hydrogens is 243 g/mol. The summed E-state index contributed by atoms with van der Waals surface area (Å²) in [7, 11) is 0. The fourth-order valence-electron chi connectivity index (χ4n) is 3.05. The summed E-state index contributed by atoms with van der Waals surface area (Å²) in [4.78, 5) is 0. The Kier molecular flexibility index (Phi) is 2.64. The van der Waals surface area contributed by atoms with Crippen molar-refractivity contribution in [2.45, 2.75) is 43.2 Å². The monoisotopic (exact) mass is 257 g/mol. The highest BCUT2D eigenvalue weighted by molar-refractivity contribution is 5.31. The van der Waals surface area contributed by atoms with Crippen molar-refractivity contribution in [1.82, 2.24) is 0 Å². The van der Waals surface area contributed by atoms with Crippen molar-refractivity contribution in [3.8, 4) is 0 Å². The van der Waals surface area contributed by atoms with Gasteiger partial charge in [-0.3, -0.25) is 0 Å². The van der Waals surface area contributed by atoms with Crippen LogP contribution in [0.4, 0.5) is 13.2 Å². The molecule has 0 saturated carbocycles. The first-order valence-electron chi connectivity index (χ1n) is 6.03. The SMILES string of the molecule is NC1CC2CC(c3cccc(C(F)(F)F)c3)C1O2. The fourth-order valence-corrected chi connectivity index (χ4v) is 3.05. The zero-order chi connectivity index (χ0) is 12.9. The maximum atomic E-state index is 12.7. The summed E-state index contributed by atoms with van der Waals surface area (Å²) in [5, 5.41) is 0. The fraction of sp³-hybridized carbons (Fsp3) is 0.538. The third kappa shape index (κ3) is 1.91. The molecule has 1 aromatic carbocycles. The van der Waals surface area contributed by atoms with Crippen molar-refractivity contribution in [3.63, 3.8) is 0 Å². The van der Waals surface area contributed by atoms with E-state index in [-0.39, 0.29) is 24.2 Å². The second kappa shape index (κ2) is 3.96. The van der Waals surface area contributed by atoms with Gasteiger partial charge in [0.25, 0.3) is 0 Å². The van der Waals surface area contributed by atoms with E-state index in [1.54, 1.807) is 6.07 Å². The number of alkyl halides is 3. The van der Waals surface area contributed by atoms with Crippen LogP contribution in [0.15, 0.2) is 24.3 Å². The number of hydrogen-bond acceptors (Lipinski definition) is 2. The number of rotatable bonds is 1. The Bertz CT molecular complexity index is 460. The summed E-state index contributed by atoms with van der Waals surface area (Å²) in [5.74, 6) is 0.000972. The Hall–Kier alpha value is -1.07. The van der Waals surface area contributed by atoms with Crippen molar-refractivity contribution < 1.29 is 17.9 Å². The Morgan fingerprint density at radius 1 is 1.22 bits per heavy atom. The summed E-state index contributed by atoms with van der Waals surface area (Å²) in [6.07, 6.45) is -2.71. The largest absolute Gasteiger partial charge is 0.416 e. The van der Waals surface area contributed by atoms with E-state index < -0.39 is 11.7 Å². The zero-order valence-electron chi connectivity index (χ0n) is 9.65. The van der Waals surface area contributed by atoms with Crippen molar-refractivity contribution in [2.75, 3.05) is 0 Å². The van der Waals surface area contributed by atoms with Gasteiger partial charge in [0.05, 0.1) is 17.8 Å². The molecule has 2 fully saturated rings. The molecule has 2 aliphatic heterocycles. The maximum absolute atomic E-state index is 12.7. The molecule has 3 rings (SSSR count). The summed E-state index contributed by atoms with van der Waals surface area (Å²) in [6, 6.07) is 5.45. The molecule has 0 amide bonds. The van der Waals surface area contributed by atoms with E-state index in [2.05, 4.69) is 0 Å². The smallest absolute Gasteiger partial charge is 0.373 e. The first kappa shape index (κ1) is 12.0. The molecule has 0 aliphatic carbocycles. The molecule has 2 heterocycles. The lowest BCUT2D eigenvalue weighted by Gasteiger charge is -2.24. The first-order chi connectivity index (χ1) is 8.45. The van der Waals surface area contributed by atoms with Crippen molar-refractivity contribution in [2.24, 2.45) is 5.73 Å². The van der Waals surface area contributed by atoms with Gasteiger partial charge in [-0.2, -0.15) is 13.2 Å². The average molecular weight is 257 g/mol. The molecule has 2 aliphatic rings. The van der Waals surface area contributed by atoms with Gasteiger partial charge in [0.2, 0.25) is 0 Å². The van der Waals surface area contributed by atoms with Crippen LogP contribution in [-0.2, 0) is 10.9 Å². The first-order valence-corrected chi connectivity index (χ1v) is 6.03. The van der Waals surface area contributed by atoms with Gasteiger partial charge in [0.1, 0.15) is 0 Å². The number of ether oxygens (including phenoxy) is 1. The molecule has 98 valence electrons.